The van der Waals surface area contributed by atoms with Crippen LogP contribution in [0.3, 0.4) is 0 Å². The number of aliphatic carboxylic acids is 2. The third kappa shape index (κ3) is 17.0. The van der Waals surface area contributed by atoms with Gasteiger partial charge in [0.15, 0.2) is 0 Å². The Morgan fingerprint density at radius 1 is 0.658 bits per heavy atom. The van der Waals surface area contributed by atoms with Crippen LogP contribution in [0.25, 0.3) is 0 Å². The molecule has 0 fully saturated rings. The molecule has 0 saturated heterocycles. The Morgan fingerprint density at radius 3 is 1.26 bits per heavy atom. The van der Waals surface area contributed by atoms with E-state index in [1.165, 1.54) is 0 Å². The fraction of sp³-hybridized carbons (Fsp3) is 0.929. The zero-order valence-corrected chi connectivity index (χ0v) is 30.1. The average molecular weight is 579 g/mol. The van der Waals surface area contributed by atoms with E-state index in [1.807, 2.05) is 13.8 Å². The van der Waals surface area contributed by atoms with Crippen LogP contribution in [-0.4, -0.2) is 30.2 Å². The maximum atomic E-state index is 12.8. The van der Waals surface area contributed by atoms with Crippen LogP contribution in [0.1, 0.15) is 143 Å². The molecule has 0 aromatic heterocycles. The molecule has 214 valence electrons. The average Bonchev–Trinajstić information content (AvgIpc) is 2.79. The Labute approximate surface area is 277 Å². The summed E-state index contributed by atoms with van der Waals surface area (Å²) in [4.78, 5) is 25.0. The van der Waals surface area contributed by atoms with Crippen molar-refractivity contribution in [3.63, 3.8) is 0 Å². The van der Waals surface area contributed by atoms with Crippen molar-refractivity contribution in [1.82, 2.24) is 0 Å². The van der Waals surface area contributed by atoms with Gasteiger partial charge in [-0.3, -0.25) is 4.55 Å². The second kappa shape index (κ2) is 24.4. The predicted octanol–water partition coefficient (Wildman–Crippen LogP) is -0.929. The zero-order chi connectivity index (χ0) is 27.6. The Bertz CT molecular complexity index is 690. The van der Waals surface area contributed by atoms with E-state index in [0.717, 1.165) is 77.0 Å². The number of carboxylic acids is 2. The fourth-order valence-electron chi connectivity index (χ4n) is 5.64. The first-order chi connectivity index (χ1) is 17.0. The van der Waals surface area contributed by atoms with Gasteiger partial charge in [-0.2, -0.15) is 8.42 Å². The maximum absolute atomic E-state index is 12.8. The molecular formula is C28H52Na2O7S. The number of unbranched alkanes of at least 4 members (excludes halogenated alkanes) is 8. The van der Waals surface area contributed by atoms with Crippen molar-refractivity contribution >= 4 is 22.1 Å². The molecular weight excluding hydrogens is 526 g/mol. The van der Waals surface area contributed by atoms with Gasteiger partial charge in [-0.25, -0.2) is 0 Å². The van der Waals surface area contributed by atoms with E-state index in [4.69, 9.17) is 0 Å². The SMILES string of the molecule is CCCCCCC(CCCC)CC(CC(CCCC)CCCCCC)(C(=O)[O-])C(C(=O)[O-])S(=O)(=O)O.[Na+].[Na+]. The molecule has 10 heteroatoms. The molecule has 0 saturated carbocycles. The number of hydrogen-bond donors (Lipinski definition) is 1. The van der Waals surface area contributed by atoms with Crippen molar-refractivity contribution < 1.29 is 91.9 Å². The van der Waals surface area contributed by atoms with Gasteiger partial charge < -0.3 is 19.8 Å². The van der Waals surface area contributed by atoms with E-state index in [1.54, 1.807) is 0 Å². The van der Waals surface area contributed by atoms with E-state index in [2.05, 4.69) is 13.8 Å². The summed E-state index contributed by atoms with van der Waals surface area (Å²) in [5.41, 5.74) is -2.24. The smallest absolute Gasteiger partial charge is 0.549 e. The fourth-order valence-corrected chi connectivity index (χ4v) is 6.74. The zero-order valence-electron chi connectivity index (χ0n) is 25.3. The largest absolute Gasteiger partial charge is 1.00 e. The topological polar surface area (TPSA) is 135 Å². The van der Waals surface area contributed by atoms with Gasteiger partial charge in [-0.1, -0.05) is 130 Å². The second-order valence-corrected chi connectivity index (χ2v) is 12.3. The van der Waals surface area contributed by atoms with Gasteiger partial charge in [0.2, 0.25) is 0 Å². The third-order valence-electron chi connectivity index (χ3n) is 7.59. The molecule has 7 nitrogen and oxygen atoms in total. The van der Waals surface area contributed by atoms with Crippen LogP contribution in [0.2, 0.25) is 0 Å². The van der Waals surface area contributed by atoms with Crippen LogP contribution in [0.15, 0.2) is 0 Å². The van der Waals surface area contributed by atoms with E-state index in [0.29, 0.717) is 25.7 Å². The Kier molecular flexibility index (Phi) is 27.9. The molecule has 0 aliphatic carbocycles. The van der Waals surface area contributed by atoms with Crippen molar-refractivity contribution in [3.05, 3.63) is 0 Å². The van der Waals surface area contributed by atoms with Gasteiger partial charge in [-0.05, 0) is 24.7 Å². The summed E-state index contributed by atoms with van der Waals surface area (Å²) < 4.78 is 34.7. The summed E-state index contributed by atoms with van der Waals surface area (Å²) in [6, 6.07) is 0. The molecule has 0 aliphatic heterocycles. The van der Waals surface area contributed by atoms with E-state index in [9.17, 15) is 32.8 Å². The molecule has 0 amide bonds. The molecule has 0 rings (SSSR count). The summed E-state index contributed by atoms with van der Waals surface area (Å²) in [6.45, 7) is 8.26. The van der Waals surface area contributed by atoms with Crippen LogP contribution in [0.5, 0.6) is 0 Å². The molecule has 0 aliphatic rings. The minimum atomic E-state index is -5.24. The second-order valence-electron chi connectivity index (χ2n) is 10.8. The molecule has 0 bridgehead atoms. The van der Waals surface area contributed by atoms with Crippen LogP contribution in [-0.2, 0) is 19.7 Å². The summed E-state index contributed by atoms with van der Waals surface area (Å²) >= 11 is 0. The number of carbonyl (C=O) groups excluding carboxylic acids is 2. The molecule has 0 aromatic rings. The van der Waals surface area contributed by atoms with Gasteiger partial charge in [0, 0.05) is 11.4 Å². The maximum Gasteiger partial charge on any atom is 1.00 e. The number of carboxylic acid groups (broad SMARTS) is 2. The Morgan fingerprint density at radius 2 is 1.00 bits per heavy atom. The van der Waals surface area contributed by atoms with Crippen molar-refractivity contribution in [2.75, 3.05) is 0 Å². The minimum Gasteiger partial charge on any atom is -0.549 e. The number of carbonyl (C=O) groups is 2. The molecule has 3 atom stereocenters. The van der Waals surface area contributed by atoms with Crippen molar-refractivity contribution in [2.45, 2.75) is 149 Å². The molecule has 0 spiro atoms. The monoisotopic (exact) mass is 578 g/mol. The molecule has 1 N–H and O–H groups in total. The molecule has 0 aromatic carbocycles. The van der Waals surface area contributed by atoms with Gasteiger partial charge in [0.1, 0.15) is 5.25 Å². The first-order valence-electron chi connectivity index (χ1n) is 14.4. The summed E-state index contributed by atoms with van der Waals surface area (Å²) in [5, 5.41) is 22.4. The number of hydrogen-bond acceptors (Lipinski definition) is 6. The van der Waals surface area contributed by atoms with E-state index in [-0.39, 0.29) is 83.8 Å². The van der Waals surface area contributed by atoms with Crippen molar-refractivity contribution in [1.29, 1.82) is 0 Å². The normalized spacial score (nSPS) is 15.4. The van der Waals surface area contributed by atoms with Gasteiger partial charge in [0.05, 0.1) is 5.97 Å². The minimum absolute atomic E-state index is 0. The standard InChI is InChI=1S/C28H54O7S.2Na/c1-5-9-13-15-19-23(17-11-7-3)21-28(27(31)32,25(26(29)30)36(33,34)35)22-24(18-12-8-4)20-16-14-10-6-2;;/h23-25H,5-22H2,1-4H3,(H,29,30)(H,31,32)(H,33,34,35);;/q;2*+1/p-2. The van der Waals surface area contributed by atoms with Gasteiger partial charge >= 0.3 is 59.1 Å². The summed E-state index contributed by atoms with van der Waals surface area (Å²) in [5.74, 6) is -4.12. The quantitative estimate of drug-likeness (QED) is 0.0889. The first-order valence-corrected chi connectivity index (χ1v) is 15.9. The summed E-state index contributed by atoms with van der Waals surface area (Å²) in [6.07, 6.45) is 13.8. The van der Waals surface area contributed by atoms with Crippen molar-refractivity contribution in [3.8, 4) is 0 Å². The molecule has 0 heterocycles. The van der Waals surface area contributed by atoms with Crippen LogP contribution in [0, 0.1) is 17.3 Å². The third-order valence-corrected chi connectivity index (χ3v) is 8.83. The Hall–Kier alpha value is 0.850. The van der Waals surface area contributed by atoms with E-state index < -0.39 is 32.7 Å². The molecule has 3 unspecified atom stereocenters. The number of rotatable bonds is 24. The van der Waals surface area contributed by atoms with Crippen LogP contribution in [0.4, 0.5) is 0 Å². The summed E-state index contributed by atoms with van der Waals surface area (Å²) in [7, 11) is -5.24. The first kappa shape index (κ1) is 43.3. The van der Waals surface area contributed by atoms with Crippen LogP contribution >= 0.6 is 0 Å². The Balaban J connectivity index is -0.00000612. The van der Waals surface area contributed by atoms with E-state index >= 15 is 0 Å². The van der Waals surface area contributed by atoms with Gasteiger partial charge in [-0.15, -0.1) is 0 Å². The molecule has 38 heavy (non-hydrogen) atoms. The predicted molar refractivity (Wildman–Crippen MR) is 141 cm³/mol. The van der Waals surface area contributed by atoms with Crippen molar-refractivity contribution in [2.24, 2.45) is 17.3 Å². The van der Waals surface area contributed by atoms with Gasteiger partial charge in [0.25, 0.3) is 10.1 Å². The van der Waals surface area contributed by atoms with Crippen LogP contribution < -0.4 is 69.3 Å². The molecule has 0 radical (unpaired) electrons.